The molecule has 0 aliphatic heterocycles. The van der Waals surface area contributed by atoms with E-state index in [0.29, 0.717) is 5.69 Å². The first kappa shape index (κ1) is 15.5. The van der Waals surface area contributed by atoms with Crippen LogP contribution in [0.3, 0.4) is 0 Å². The molecular weight excluding hydrogens is 332 g/mol. The van der Waals surface area contributed by atoms with Crippen molar-refractivity contribution in [1.29, 1.82) is 0 Å². The van der Waals surface area contributed by atoms with Gasteiger partial charge in [-0.1, -0.05) is 24.3 Å². The van der Waals surface area contributed by atoms with E-state index in [2.05, 4.69) is 4.98 Å². The van der Waals surface area contributed by atoms with Gasteiger partial charge in [-0.2, -0.15) is 0 Å². The second kappa shape index (κ2) is 6.39. The summed E-state index contributed by atoms with van der Waals surface area (Å²) >= 11 is 1.14. The first-order chi connectivity index (χ1) is 11.1. The number of phenolic OH excluding ortho intramolecular Hbond substituents is 1. The summed E-state index contributed by atoms with van der Waals surface area (Å²) in [5.41, 5.74) is 0.822. The van der Waals surface area contributed by atoms with E-state index in [4.69, 9.17) is 0 Å². The largest absolute Gasteiger partial charge is 0.506 e. The number of hydrogen-bond donors (Lipinski definition) is 1. The molecule has 118 valence electrons. The molecule has 0 aliphatic carbocycles. The van der Waals surface area contributed by atoms with E-state index in [1.54, 1.807) is 60.1 Å². The normalized spacial score (nSPS) is 11.3. The molecule has 0 saturated heterocycles. The summed E-state index contributed by atoms with van der Waals surface area (Å²) in [6.07, 6.45) is 1.61. The number of aromatic nitrogens is 1. The Hall–Kier alpha value is -2.38. The van der Waals surface area contributed by atoms with E-state index in [9.17, 15) is 13.5 Å². The van der Waals surface area contributed by atoms with Gasteiger partial charge in [0.05, 0.1) is 17.9 Å². The Balaban J connectivity index is 2.09. The van der Waals surface area contributed by atoms with Crippen LogP contribution in [-0.4, -0.2) is 18.5 Å². The molecule has 2 heterocycles. The van der Waals surface area contributed by atoms with E-state index in [-0.39, 0.29) is 22.2 Å². The second-order valence-corrected chi connectivity index (χ2v) is 7.79. The zero-order valence-electron chi connectivity index (χ0n) is 12.0. The van der Waals surface area contributed by atoms with Crippen molar-refractivity contribution in [3.05, 3.63) is 71.9 Å². The summed E-state index contributed by atoms with van der Waals surface area (Å²) in [4.78, 5) is 4.18. The van der Waals surface area contributed by atoms with Crippen LogP contribution in [0.2, 0.25) is 0 Å². The number of hydrogen-bond acceptors (Lipinski definition) is 5. The minimum atomic E-state index is -3.78. The van der Waals surface area contributed by atoms with Crippen molar-refractivity contribution in [3.63, 3.8) is 0 Å². The molecule has 0 radical (unpaired) electrons. The van der Waals surface area contributed by atoms with Crippen molar-refractivity contribution in [2.75, 3.05) is 4.31 Å². The summed E-state index contributed by atoms with van der Waals surface area (Å²) in [5, 5.41) is 11.8. The molecule has 0 unspecified atom stereocenters. The number of benzene rings is 1. The molecule has 2 aromatic heterocycles. The van der Waals surface area contributed by atoms with Crippen LogP contribution in [0.1, 0.15) is 5.69 Å². The number of rotatable bonds is 5. The maximum Gasteiger partial charge on any atom is 0.274 e. The quantitative estimate of drug-likeness (QED) is 0.770. The molecule has 1 N–H and O–H groups in total. The number of anilines is 1. The molecule has 3 aromatic rings. The third-order valence-corrected chi connectivity index (χ3v) is 6.35. The van der Waals surface area contributed by atoms with Crippen molar-refractivity contribution < 1.29 is 13.5 Å². The van der Waals surface area contributed by atoms with E-state index in [0.717, 1.165) is 11.3 Å². The third kappa shape index (κ3) is 3.20. The summed E-state index contributed by atoms with van der Waals surface area (Å²) in [7, 11) is -3.78. The molecule has 3 rings (SSSR count). The number of nitrogens with zero attached hydrogens (tertiary/aromatic N) is 2. The van der Waals surface area contributed by atoms with Crippen molar-refractivity contribution in [2.24, 2.45) is 0 Å². The van der Waals surface area contributed by atoms with Crippen molar-refractivity contribution >= 4 is 27.0 Å². The molecular formula is C16H14N2O3S2. The van der Waals surface area contributed by atoms with Gasteiger partial charge in [-0.3, -0.25) is 9.29 Å². The average Bonchev–Trinajstić information content (AvgIpc) is 3.10. The number of phenols is 1. The lowest BCUT2D eigenvalue weighted by Crippen LogP contribution is -2.30. The Kier molecular flexibility index (Phi) is 4.31. The number of sulfonamides is 1. The molecule has 0 saturated carbocycles. The molecule has 0 spiro atoms. The molecule has 5 nitrogen and oxygen atoms in total. The Labute approximate surface area is 138 Å². The zero-order valence-corrected chi connectivity index (χ0v) is 13.7. The average molecular weight is 346 g/mol. The predicted molar refractivity (Wildman–Crippen MR) is 90.0 cm³/mol. The number of thiophene rings is 1. The monoisotopic (exact) mass is 346 g/mol. The fraction of sp³-hybridized carbons (Fsp3) is 0.0625. The Morgan fingerprint density at radius 3 is 2.48 bits per heavy atom. The van der Waals surface area contributed by atoms with Crippen LogP contribution in [0.25, 0.3) is 0 Å². The SMILES string of the molecule is O=S(=O)(c1cccs1)N(Cc1ccccn1)c1ccccc1O. The topological polar surface area (TPSA) is 70.5 Å². The van der Waals surface area contributed by atoms with E-state index < -0.39 is 10.0 Å². The van der Waals surface area contributed by atoms with Crippen LogP contribution in [0, 0.1) is 0 Å². The van der Waals surface area contributed by atoms with Gasteiger partial charge in [-0.15, -0.1) is 11.3 Å². The molecule has 0 fully saturated rings. The fourth-order valence-electron chi connectivity index (χ4n) is 2.13. The highest BCUT2D eigenvalue weighted by atomic mass is 32.2. The lowest BCUT2D eigenvalue weighted by atomic mass is 10.3. The van der Waals surface area contributed by atoms with Gasteiger partial charge in [0.25, 0.3) is 10.0 Å². The lowest BCUT2D eigenvalue weighted by molar-refractivity contribution is 0.475. The summed E-state index contributed by atoms with van der Waals surface area (Å²) in [6.45, 7) is 0.0403. The second-order valence-electron chi connectivity index (χ2n) is 4.75. The van der Waals surface area contributed by atoms with Crippen LogP contribution < -0.4 is 4.31 Å². The maximum atomic E-state index is 12.9. The van der Waals surface area contributed by atoms with Gasteiger partial charge in [-0.05, 0) is 35.7 Å². The summed E-state index contributed by atoms with van der Waals surface area (Å²) in [5.74, 6) is -0.0939. The van der Waals surface area contributed by atoms with Gasteiger partial charge in [0, 0.05) is 6.20 Å². The van der Waals surface area contributed by atoms with Gasteiger partial charge in [0.1, 0.15) is 9.96 Å². The van der Waals surface area contributed by atoms with Gasteiger partial charge in [0.2, 0.25) is 0 Å². The minimum Gasteiger partial charge on any atom is -0.506 e. The maximum absolute atomic E-state index is 12.9. The molecule has 0 amide bonds. The third-order valence-electron chi connectivity index (χ3n) is 3.22. The van der Waals surface area contributed by atoms with Gasteiger partial charge in [0.15, 0.2) is 0 Å². The summed E-state index contributed by atoms with van der Waals surface area (Å²) in [6, 6.07) is 14.9. The smallest absolute Gasteiger partial charge is 0.274 e. The molecule has 23 heavy (non-hydrogen) atoms. The number of para-hydroxylation sites is 2. The Morgan fingerprint density at radius 1 is 1.04 bits per heavy atom. The predicted octanol–water partition coefficient (Wildman–Crippen LogP) is 3.24. The zero-order chi connectivity index (χ0) is 16.3. The minimum absolute atomic E-state index is 0.0403. The van der Waals surface area contributed by atoms with Crippen molar-refractivity contribution in [3.8, 4) is 5.75 Å². The van der Waals surface area contributed by atoms with Crippen LogP contribution in [-0.2, 0) is 16.6 Å². The van der Waals surface area contributed by atoms with E-state index in [1.807, 2.05) is 0 Å². The Morgan fingerprint density at radius 2 is 1.83 bits per heavy atom. The van der Waals surface area contributed by atoms with E-state index >= 15 is 0 Å². The highest BCUT2D eigenvalue weighted by Crippen LogP contribution is 2.33. The van der Waals surface area contributed by atoms with Gasteiger partial charge >= 0.3 is 0 Å². The number of pyridine rings is 1. The van der Waals surface area contributed by atoms with Crippen LogP contribution in [0.5, 0.6) is 5.75 Å². The van der Waals surface area contributed by atoms with Crippen LogP contribution >= 0.6 is 11.3 Å². The van der Waals surface area contributed by atoms with Gasteiger partial charge in [-0.25, -0.2) is 8.42 Å². The highest BCUT2D eigenvalue weighted by Gasteiger charge is 2.28. The fourth-order valence-corrected chi connectivity index (χ4v) is 4.69. The molecule has 0 bridgehead atoms. The highest BCUT2D eigenvalue weighted by molar-refractivity contribution is 7.94. The van der Waals surface area contributed by atoms with Crippen LogP contribution in [0.4, 0.5) is 5.69 Å². The van der Waals surface area contributed by atoms with Crippen molar-refractivity contribution in [1.82, 2.24) is 4.98 Å². The molecule has 0 aliphatic rings. The van der Waals surface area contributed by atoms with Gasteiger partial charge < -0.3 is 5.11 Å². The lowest BCUT2D eigenvalue weighted by Gasteiger charge is -2.24. The van der Waals surface area contributed by atoms with E-state index in [1.165, 1.54) is 10.4 Å². The Bertz CT molecular complexity index is 879. The van der Waals surface area contributed by atoms with Crippen LogP contribution in [0.15, 0.2) is 70.4 Å². The first-order valence-corrected chi connectivity index (χ1v) is 9.15. The summed E-state index contributed by atoms with van der Waals surface area (Å²) < 4.78 is 27.3. The number of aromatic hydroxyl groups is 1. The molecule has 0 atom stereocenters. The molecule has 7 heteroatoms. The van der Waals surface area contributed by atoms with Crippen molar-refractivity contribution in [2.45, 2.75) is 10.8 Å². The standard InChI is InChI=1S/C16H14N2O3S2/c19-15-8-2-1-7-14(15)18(12-13-6-3-4-10-17-13)23(20,21)16-9-5-11-22-16/h1-11,19H,12H2. The first-order valence-electron chi connectivity index (χ1n) is 6.83. The molecule has 1 aromatic carbocycles.